The first-order valence-corrected chi connectivity index (χ1v) is 11.9. The van der Waals surface area contributed by atoms with Crippen LogP contribution in [0.15, 0.2) is 42.5 Å². The molecule has 1 spiro atoms. The first kappa shape index (κ1) is 24.3. The summed E-state index contributed by atoms with van der Waals surface area (Å²) in [4.78, 5) is 23.9. The maximum atomic E-state index is 14.3. The summed E-state index contributed by atoms with van der Waals surface area (Å²) in [5, 5.41) is 7.19. The third-order valence-electron chi connectivity index (χ3n) is 7.37. The molecule has 2 aromatic carbocycles. The number of hydrogen-bond donors (Lipinski definition) is 2. The Bertz CT molecular complexity index is 1300. The molecule has 1 atom stereocenters. The fourth-order valence-electron chi connectivity index (χ4n) is 5.25. The smallest absolute Gasteiger partial charge is 0.362 e. The minimum absolute atomic E-state index is 0.0793. The summed E-state index contributed by atoms with van der Waals surface area (Å²) >= 11 is 0. The van der Waals surface area contributed by atoms with Gasteiger partial charge in [0.15, 0.2) is 0 Å². The lowest BCUT2D eigenvalue weighted by Gasteiger charge is -2.30. The van der Waals surface area contributed by atoms with Crippen molar-refractivity contribution in [3.63, 3.8) is 0 Å². The topological polar surface area (TPSA) is 70.2 Å². The number of halogens is 4. The number of nitrogens with one attached hydrogen (secondary N) is 2. The summed E-state index contributed by atoms with van der Waals surface area (Å²) in [5.74, 6) is -0.930. The Balaban J connectivity index is 1.21. The molecule has 2 saturated carbocycles. The minimum Gasteiger partial charge on any atom is -0.362 e. The van der Waals surface area contributed by atoms with Crippen molar-refractivity contribution in [2.45, 2.75) is 50.4 Å². The maximum absolute atomic E-state index is 14.3. The molecule has 0 radical (unpaired) electrons. The first-order chi connectivity index (χ1) is 17.1. The SMILES string of the molecule is CN(C)c1nc(NC2CC23CCC(NC(=O)c2cccc(C(F)(F)F)c2F)CC3)nc2ccccc12. The number of hydrogen-bond acceptors (Lipinski definition) is 5. The predicted octanol–water partition coefficient (Wildman–Crippen LogP) is 5.40. The van der Waals surface area contributed by atoms with Crippen molar-refractivity contribution in [2.24, 2.45) is 5.41 Å². The third-order valence-corrected chi connectivity index (χ3v) is 7.37. The number of amides is 1. The van der Waals surface area contributed by atoms with Crippen molar-refractivity contribution in [1.82, 2.24) is 15.3 Å². The number of anilines is 2. The zero-order chi connectivity index (χ0) is 25.7. The number of alkyl halides is 3. The van der Waals surface area contributed by atoms with Crippen LogP contribution in [0.3, 0.4) is 0 Å². The Morgan fingerprint density at radius 2 is 1.78 bits per heavy atom. The number of aromatic nitrogens is 2. The lowest BCUT2D eigenvalue weighted by atomic mass is 9.82. The van der Waals surface area contributed by atoms with Crippen LogP contribution in [0.1, 0.15) is 48.0 Å². The van der Waals surface area contributed by atoms with E-state index in [1.165, 1.54) is 0 Å². The van der Waals surface area contributed by atoms with Gasteiger partial charge in [0.05, 0.1) is 16.6 Å². The third kappa shape index (κ3) is 4.56. The zero-order valence-corrected chi connectivity index (χ0v) is 20.0. The van der Waals surface area contributed by atoms with Gasteiger partial charge in [-0.05, 0) is 61.8 Å². The van der Waals surface area contributed by atoms with E-state index in [2.05, 4.69) is 15.6 Å². The van der Waals surface area contributed by atoms with Crippen LogP contribution in [0.4, 0.5) is 29.3 Å². The number of benzene rings is 2. The Morgan fingerprint density at radius 1 is 1.06 bits per heavy atom. The van der Waals surface area contributed by atoms with E-state index in [1.54, 1.807) is 0 Å². The molecule has 10 heteroatoms. The van der Waals surface area contributed by atoms with Crippen molar-refractivity contribution in [1.29, 1.82) is 0 Å². The second-order valence-corrected chi connectivity index (χ2v) is 9.96. The van der Waals surface area contributed by atoms with E-state index in [4.69, 9.17) is 4.98 Å². The molecule has 2 aliphatic rings. The molecule has 5 rings (SSSR count). The van der Waals surface area contributed by atoms with Crippen LogP contribution >= 0.6 is 0 Å². The monoisotopic (exact) mass is 501 g/mol. The van der Waals surface area contributed by atoms with Crippen molar-refractivity contribution >= 4 is 28.6 Å². The van der Waals surface area contributed by atoms with Gasteiger partial charge < -0.3 is 15.5 Å². The summed E-state index contributed by atoms with van der Waals surface area (Å²) < 4.78 is 53.3. The molecule has 6 nitrogen and oxygen atoms in total. The molecule has 2 fully saturated rings. The van der Waals surface area contributed by atoms with Gasteiger partial charge in [0.2, 0.25) is 5.95 Å². The summed E-state index contributed by atoms with van der Waals surface area (Å²) in [6.45, 7) is 0. The molecule has 2 N–H and O–H groups in total. The number of carbonyl (C=O) groups excluding carboxylic acids is 1. The lowest BCUT2D eigenvalue weighted by molar-refractivity contribution is -0.140. The van der Waals surface area contributed by atoms with Crippen molar-refractivity contribution < 1.29 is 22.4 Å². The molecule has 0 bridgehead atoms. The molecule has 1 unspecified atom stereocenters. The Hall–Kier alpha value is -3.43. The molecule has 0 aliphatic heterocycles. The Kier molecular flexibility index (Phi) is 6.00. The quantitative estimate of drug-likeness (QED) is 0.459. The standard InChI is InChI=1S/C26H27F4N5O/c1-35(2)22-16-6-3-4-9-19(16)32-24(34-22)33-20-14-25(20)12-10-15(11-13-25)31-23(36)17-7-5-8-18(21(17)27)26(28,29)30/h3-9,15,20H,10-14H2,1-2H3,(H,31,36)(H,32,33,34). The number of rotatable bonds is 5. The zero-order valence-electron chi connectivity index (χ0n) is 20.0. The summed E-state index contributed by atoms with van der Waals surface area (Å²) in [5.41, 5.74) is -1.07. The highest BCUT2D eigenvalue weighted by Gasteiger charge is 2.55. The van der Waals surface area contributed by atoms with Gasteiger partial charge in [-0.3, -0.25) is 4.79 Å². The molecule has 3 aromatic rings. The van der Waals surface area contributed by atoms with Crippen LogP contribution < -0.4 is 15.5 Å². The molecule has 36 heavy (non-hydrogen) atoms. The summed E-state index contributed by atoms with van der Waals surface area (Å²) in [7, 11) is 3.88. The number of fused-ring (bicyclic) bond motifs is 1. The van der Waals surface area contributed by atoms with Crippen LogP contribution in [0.2, 0.25) is 0 Å². The Morgan fingerprint density at radius 3 is 2.47 bits per heavy atom. The fraction of sp³-hybridized carbons (Fsp3) is 0.423. The normalized spacial score (nSPS) is 23.5. The largest absolute Gasteiger partial charge is 0.419 e. The fourth-order valence-corrected chi connectivity index (χ4v) is 5.25. The number of para-hydroxylation sites is 1. The van der Waals surface area contributed by atoms with E-state index in [-0.39, 0.29) is 17.5 Å². The van der Waals surface area contributed by atoms with Gasteiger partial charge in [0, 0.05) is 31.6 Å². The average molecular weight is 502 g/mol. The predicted molar refractivity (Wildman–Crippen MR) is 129 cm³/mol. The van der Waals surface area contributed by atoms with Gasteiger partial charge in [-0.15, -0.1) is 0 Å². The Labute approximate surface area is 206 Å². The van der Waals surface area contributed by atoms with Crippen molar-refractivity contribution in [2.75, 3.05) is 24.3 Å². The van der Waals surface area contributed by atoms with Crippen LogP contribution in [0.5, 0.6) is 0 Å². The summed E-state index contributed by atoms with van der Waals surface area (Å²) in [6, 6.07) is 10.6. The molecular formula is C26H27F4N5O. The number of carbonyl (C=O) groups is 1. The van der Waals surface area contributed by atoms with E-state index >= 15 is 0 Å². The molecule has 1 aromatic heterocycles. The van der Waals surface area contributed by atoms with Gasteiger partial charge in [0.25, 0.3) is 5.91 Å². The number of nitrogens with zero attached hydrogens (tertiary/aromatic N) is 3. The summed E-state index contributed by atoms with van der Waals surface area (Å²) in [6.07, 6.45) is -0.862. The van der Waals surface area contributed by atoms with E-state index in [9.17, 15) is 22.4 Å². The van der Waals surface area contributed by atoms with E-state index < -0.39 is 29.0 Å². The highest BCUT2D eigenvalue weighted by Crippen LogP contribution is 2.57. The molecule has 0 saturated heterocycles. The van der Waals surface area contributed by atoms with Crippen LogP contribution in [-0.2, 0) is 6.18 Å². The molecule has 190 valence electrons. The van der Waals surface area contributed by atoms with Crippen molar-refractivity contribution in [3.05, 3.63) is 59.4 Å². The maximum Gasteiger partial charge on any atom is 0.419 e. The van der Waals surface area contributed by atoms with Crippen LogP contribution in [-0.4, -0.2) is 42.1 Å². The molecule has 1 heterocycles. The molecule has 2 aliphatic carbocycles. The van der Waals surface area contributed by atoms with Gasteiger partial charge >= 0.3 is 6.18 Å². The van der Waals surface area contributed by atoms with E-state index in [0.717, 1.165) is 48.1 Å². The molecular weight excluding hydrogens is 474 g/mol. The highest BCUT2D eigenvalue weighted by molar-refractivity contribution is 5.95. The average Bonchev–Trinajstić information content (AvgIpc) is 3.49. The van der Waals surface area contributed by atoms with Gasteiger partial charge in [-0.25, -0.2) is 9.37 Å². The lowest BCUT2D eigenvalue weighted by Crippen LogP contribution is -2.39. The second kappa shape index (κ2) is 8.90. The second-order valence-electron chi connectivity index (χ2n) is 9.96. The molecule has 1 amide bonds. The van der Waals surface area contributed by atoms with Crippen LogP contribution in [0, 0.1) is 11.2 Å². The van der Waals surface area contributed by atoms with E-state index in [0.29, 0.717) is 24.9 Å². The van der Waals surface area contributed by atoms with Crippen LogP contribution in [0.25, 0.3) is 10.9 Å². The van der Waals surface area contributed by atoms with Gasteiger partial charge in [-0.1, -0.05) is 18.2 Å². The van der Waals surface area contributed by atoms with Gasteiger partial charge in [0.1, 0.15) is 11.6 Å². The highest BCUT2D eigenvalue weighted by atomic mass is 19.4. The van der Waals surface area contributed by atoms with Crippen molar-refractivity contribution in [3.8, 4) is 0 Å². The van der Waals surface area contributed by atoms with Gasteiger partial charge in [-0.2, -0.15) is 18.2 Å². The first-order valence-electron chi connectivity index (χ1n) is 11.9. The minimum atomic E-state index is -4.85. The van der Waals surface area contributed by atoms with E-state index in [1.807, 2.05) is 43.3 Å².